The molecule has 2 N–H and O–H groups in total. The smallest absolute Gasteiger partial charge is 0.344 e. The third kappa shape index (κ3) is 4.46. The molecule has 1 unspecified atom stereocenters. The zero-order valence-electron chi connectivity index (χ0n) is 22.0. The lowest BCUT2D eigenvalue weighted by Gasteiger charge is -2.57. The molecule has 38 heavy (non-hydrogen) atoms. The Labute approximate surface area is 223 Å². The van der Waals surface area contributed by atoms with E-state index in [9.17, 15) is 19.8 Å². The number of carboxylic acid groups (broad SMARTS) is 2. The normalized spacial score (nSPS) is 26.4. The van der Waals surface area contributed by atoms with Gasteiger partial charge in [-0.3, -0.25) is 0 Å². The lowest BCUT2D eigenvalue weighted by atomic mass is 9.48. The number of ether oxygens (including phenoxy) is 1. The Kier molecular flexibility index (Phi) is 6.41. The number of benzene rings is 3. The molecule has 7 rings (SSSR count). The molecule has 0 radical (unpaired) electrons. The van der Waals surface area contributed by atoms with Crippen LogP contribution in [0.2, 0.25) is 0 Å². The number of carboxylic acids is 2. The largest absolute Gasteiger partial charge is 0.479 e. The first kappa shape index (κ1) is 25.0. The van der Waals surface area contributed by atoms with Gasteiger partial charge >= 0.3 is 11.9 Å². The summed E-state index contributed by atoms with van der Waals surface area (Å²) in [6, 6.07) is 17.6. The van der Waals surface area contributed by atoms with Crippen LogP contribution in [0.1, 0.15) is 80.6 Å². The maximum atomic E-state index is 12.2. The van der Waals surface area contributed by atoms with Crippen molar-refractivity contribution in [3.63, 3.8) is 0 Å². The summed E-state index contributed by atoms with van der Waals surface area (Å²) < 4.78 is 6.43. The maximum Gasteiger partial charge on any atom is 0.344 e. The molecule has 4 aliphatic carbocycles. The minimum atomic E-state index is -0.934. The zero-order chi connectivity index (χ0) is 26.4. The van der Waals surface area contributed by atoms with Gasteiger partial charge in [0.05, 0.1) is 5.56 Å². The van der Waals surface area contributed by atoms with Crippen molar-refractivity contribution < 1.29 is 24.5 Å². The Bertz CT molecular complexity index is 1340. The molecular formula is C33H36O5. The van der Waals surface area contributed by atoms with Crippen LogP contribution in [-0.4, -0.2) is 28.3 Å². The van der Waals surface area contributed by atoms with Crippen LogP contribution < -0.4 is 4.74 Å². The van der Waals surface area contributed by atoms with E-state index in [-0.39, 0.29) is 11.0 Å². The van der Waals surface area contributed by atoms with Gasteiger partial charge in [-0.15, -0.1) is 0 Å². The summed E-state index contributed by atoms with van der Waals surface area (Å²) in [5, 5.41) is 21.4. The lowest BCUT2D eigenvalue weighted by Crippen LogP contribution is -2.48. The van der Waals surface area contributed by atoms with Crippen molar-refractivity contribution in [3.8, 4) is 16.9 Å². The molecule has 5 heteroatoms. The van der Waals surface area contributed by atoms with Crippen LogP contribution in [0.5, 0.6) is 5.75 Å². The fraction of sp³-hybridized carbons (Fsp3) is 0.455. The van der Waals surface area contributed by atoms with Gasteiger partial charge in [-0.1, -0.05) is 43.7 Å². The Morgan fingerprint density at radius 1 is 0.947 bits per heavy atom. The number of rotatable bonds is 9. The van der Waals surface area contributed by atoms with E-state index in [0.717, 1.165) is 77.5 Å². The number of aliphatic carboxylic acids is 1. The van der Waals surface area contributed by atoms with Gasteiger partial charge in [0.2, 0.25) is 0 Å². The van der Waals surface area contributed by atoms with E-state index in [1.165, 1.54) is 24.8 Å². The molecule has 1 atom stereocenters. The summed E-state index contributed by atoms with van der Waals surface area (Å²) in [7, 11) is 0. The number of carbonyl (C=O) groups is 2. The van der Waals surface area contributed by atoms with E-state index in [1.54, 1.807) is 12.1 Å². The highest BCUT2D eigenvalue weighted by Gasteiger charge is 2.52. The number of fused-ring (bicyclic) bond motifs is 1. The summed E-state index contributed by atoms with van der Waals surface area (Å²) >= 11 is 0. The number of unbranched alkanes of at least 4 members (excludes halogenated alkanes) is 1. The minimum absolute atomic E-state index is 0.0341. The fourth-order valence-corrected chi connectivity index (χ4v) is 8.08. The summed E-state index contributed by atoms with van der Waals surface area (Å²) in [6.45, 7) is 2.07. The van der Waals surface area contributed by atoms with Crippen molar-refractivity contribution in [3.05, 3.63) is 65.7 Å². The van der Waals surface area contributed by atoms with E-state index in [4.69, 9.17) is 4.74 Å². The molecule has 3 aromatic rings. The van der Waals surface area contributed by atoms with Crippen molar-refractivity contribution in [2.24, 2.45) is 17.8 Å². The second-order valence-corrected chi connectivity index (χ2v) is 12.0. The van der Waals surface area contributed by atoms with Gasteiger partial charge in [0.15, 0.2) is 6.10 Å². The molecular weight excluding hydrogens is 476 g/mol. The minimum Gasteiger partial charge on any atom is -0.479 e. The van der Waals surface area contributed by atoms with E-state index < -0.39 is 18.0 Å². The van der Waals surface area contributed by atoms with Crippen molar-refractivity contribution in [1.29, 1.82) is 0 Å². The zero-order valence-corrected chi connectivity index (χ0v) is 22.0. The molecule has 4 saturated carbocycles. The van der Waals surface area contributed by atoms with Crippen LogP contribution in [0.25, 0.3) is 21.9 Å². The predicted molar refractivity (Wildman–Crippen MR) is 148 cm³/mol. The summed E-state index contributed by atoms with van der Waals surface area (Å²) in [5.41, 5.74) is 3.51. The first-order chi connectivity index (χ1) is 18.3. The molecule has 198 valence electrons. The third-order valence-corrected chi connectivity index (χ3v) is 9.40. The van der Waals surface area contributed by atoms with Crippen molar-refractivity contribution in [1.82, 2.24) is 0 Å². The van der Waals surface area contributed by atoms with Gasteiger partial charge in [0, 0.05) is 5.56 Å². The first-order valence-electron chi connectivity index (χ1n) is 14.2. The number of hydrogen-bond acceptors (Lipinski definition) is 3. The Hall–Kier alpha value is -3.34. The topological polar surface area (TPSA) is 83.8 Å². The molecule has 0 heterocycles. The molecule has 4 aliphatic rings. The summed E-state index contributed by atoms with van der Waals surface area (Å²) in [4.78, 5) is 23.6. The van der Waals surface area contributed by atoms with Gasteiger partial charge < -0.3 is 14.9 Å². The monoisotopic (exact) mass is 512 g/mol. The molecule has 0 aromatic heterocycles. The standard InChI is InChI=1S/C33H36O5/c1-2-3-7-29(32(36)37)38-30-15-25-5-4-6-26(23-8-10-24(11-9-23)31(34)35)27(25)16-28(30)33-17-20-12-21(18-33)14-22(13-20)19-33/h4-6,8-11,15-16,20-22,29H,2-3,7,12-14,17-19H2,1H3,(H,34,35)(H,36,37). The second-order valence-electron chi connectivity index (χ2n) is 12.0. The highest BCUT2D eigenvalue weighted by Crippen LogP contribution is 2.62. The molecule has 0 saturated heterocycles. The van der Waals surface area contributed by atoms with Crippen molar-refractivity contribution in [2.45, 2.75) is 76.2 Å². The number of hydrogen-bond donors (Lipinski definition) is 2. The van der Waals surface area contributed by atoms with Crippen molar-refractivity contribution >= 4 is 22.7 Å². The maximum absolute atomic E-state index is 12.2. The third-order valence-electron chi connectivity index (χ3n) is 9.40. The Balaban J connectivity index is 1.50. The first-order valence-corrected chi connectivity index (χ1v) is 14.2. The van der Waals surface area contributed by atoms with E-state index in [2.05, 4.69) is 31.2 Å². The SMILES string of the molecule is CCCCC(Oc1cc2cccc(-c3ccc(C(=O)O)cc3)c2cc1C12CC3CC(CC(C3)C1)C2)C(=O)O. The summed E-state index contributed by atoms with van der Waals surface area (Å²) in [5.74, 6) is 1.15. The van der Waals surface area contributed by atoms with Gasteiger partial charge in [-0.25, -0.2) is 9.59 Å². The van der Waals surface area contributed by atoms with Crippen LogP contribution >= 0.6 is 0 Å². The molecule has 3 aromatic carbocycles. The van der Waals surface area contributed by atoms with Crippen LogP contribution in [0.3, 0.4) is 0 Å². The second kappa shape index (κ2) is 9.76. The molecule has 4 fully saturated rings. The lowest BCUT2D eigenvalue weighted by molar-refractivity contribution is -0.145. The molecule has 5 nitrogen and oxygen atoms in total. The van der Waals surface area contributed by atoms with Gasteiger partial charge in [-0.2, -0.15) is 0 Å². The highest BCUT2D eigenvalue weighted by molar-refractivity contribution is 5.99. The summed E-state index contributed by atoms with van der Waals surface area (Å²) in [6.07, 6.45) is 8.85. The van der Waals surface area contributed by atoms with E-state index >= 15 is 0 Å². The predicted octanol–water partition coefficient (Wildman–Crippen LogP) is 7.70. The molecule has 0 amide bonds. The van der Waals surface area contributed by atoms with Gasteiger partial charge in [-0.05, 0) is 121 Å². The number of aromatic carboxylic acids is 1. The van der Waals surface area contributed by atoms with E-state index in [0.29, 0.717) is 6.42 Å². The Morgan fingerprint density at radius 3 is 2.18 bits per heavy atom. The fourth-order valence-electron chi connectivity index (χ4n) is 8.08. The van der Waals surface area contributed by atoms with Crippen LogP contribution in [0.4, 0.5) is 0 Å². The van der Waals surface area contributed by atoms with Crippen LogP contribution in [0.15, 0.2) is 54.6 Å². The van der Waals surface area contributed by atoms with Crippen LogP contribution in [-0.2, 0) is 10.2 Å². The average molecular weight is 513 g/mol. The quantitative estimate of drug-likeness (QED) is 0.307. The van der Waals surface area contributed by atoms with Crippen molar-refractivity contribution in [2.75, 3.05) is 0 Å². The highest BCUT2D eigenvalue weighted by atomic mass is 16.5. The van der Waals surface area contributed by atoms with E-state index in [1.807, 2.05) is 18.2 Å². The molecule has 0 aliphatic heterocycles. The van der Waals surface area contributed by atoms with Gasteiger partial charge in [0.25, 0.3) is 0 Å². The molecule has 0 spiro atoms. The molecule has 4 bridgehead atoms. The van der Waals surface area contributed by atoms with Gasteiger partial charge in [0.1, 0.15) is 5.75 Å². The average Bonchev–Trinajstić information content (AvgIpc) is 2.89. The Morgan fingerprint density at radius 2 is 1.61 bits per heavy atom. The van der Waals surface area contributed by atoms with Crippen LogP contribution in [0, 0.1) is 17.8 Å².